The molecule has 0 aromatic rings. The third-order valence-electron chi connectivity index (χ3n) is 14.0. The van der Waals surface area contributed by atoms with Gasteiger partial charge in [0.1, 0.15) is 92.5 Å². The number of rotatable bonds is 0. The van der Waals surface area contributed by atoms with Crippen molar-refractivity contribution in [2.75, 3.05) is 0 Å². The Hall–Kier alpha value is 0.560. The van der Waals surface area contributed by atoms with Crippen LogP contribution in [0.5, 0.6) is 0 Å². The lowest BCUT2D eigenvalue weighted by atomic mass is 9.76. The van der Waals surface area contributed by atoms with Gasteiger partial charge in [-0.05, 0) is 43.3 Å². The quantitative estimate of drug-likeness (QED) is 0.161. The van der Waals surface area contributed by atoms with Crippen LogP contribution in [-0.4, -0.2) is 92.5 Å². The fraction of sp³-hybridized carbons (Fsp3) is 0.750. The second-order valence-corrected chi connectivity index (χ2v) is 30.2. The van der Waals surface area contributed by atoms with E-state index in [-0.39, 0.29) is 379 Å². The van der Waals surface area contributed by atoms with Gasteiger partial charge in [0.15, 0.2) is 0 Å². The maximum atomic E-state index is 10.9. The topological polar surface area (TPSA) is 273 Å². The molecule has 8 fully saturated rings. The lowest BCUT2D eigenvalue weighted by molar-refractivity contribution is -0.135. The molecule has 0 aromatic carbocycles. The minimum absolute atomic E-state index is 0. The van der Waals surface area contributed by atoms with Crippen molar-refractivity contribution in [3.05, 3.63) is 0 Å². The van der Waals surface area contributed by atoms with Gasteiger partial charge in [-0.3, -0.25) is 76.7 Å². The molecule has 0 bridgehead atoms. The summed E-state index contributed by atoms with van der Waals surface area (Å²) in [4.78, 5) is 174. The Morgan fingerprint density at radius 1 is 0.136 bits per heavy atom. The van der Waals surface area contributed by atoms with Crippen LogP contribution in [-0.2, 0) is 76.7 Å². The monoisotopic (exact) mass is 2140 g/mol. The largest absolute Gasteiger partial charge is 0.299 e. The van der Waals surface area contributed by atoms with Gasteiger partial charge in [0.25, 0.3) is 0 Å². The van der Waals surface area contributed by atoms with Crippen LogP contribution >= 0.6 is 192 Å². The maximum Gasteiger partial charge on any atom is 0.140 e. The summed E-state index contributed by atoms with van der Waals surface area (Å²) in [6.07, 6.45) is 10.5. The van der Waals surface area contributed by atoms with E-state index in [0.717, 1.165) is 0 Å². The Morgan fingerprint density at radius 2 is 0.182 bits per heavy atom. The summed E-state index contributed by atoms with van der Waals surface area (Å²) in [7, 11) is 0. The van der Waals surface area contributed by atoms with Crippen LogP contribution in [0.25, 0.3) is 0 Å². The number of halogens is 8. The third-order valence-corrected chi connectivity index (χ3v) is 14.0. The van der Waals surface area contributed by atoms with Gasteiger partial charge in [0.05, 0.1) is 51.4 Å². The van der Waals surface area contributed by atoms with E-state index in [1.165, 1.54) is 0 Å². The molecule has 0 N–H and O–H groups in total. The minimum atomic E-state index is -0.0770. The number of hydrogen-bond donors (Lipinski definition) is 0. The Balaban J connectivity index is -0.000000137. The van der Waals surface area contributed by atoms with Crippen LogP contribution in [0.2, 0.25) is 0 Å². The van der Waals surface area contributed by atoms with Crippen molar-refractivity contribution in [2.24, 2.45) is 43.3 Å². The molecule has 0 unspecified atom stereocenters. The van der Waals surface area contributed by atoms with Crippen LogP contribution in [0, 0.1) is 43.3 Å². The number of carbonyl (C=O) groups excluding carboxylic acids is 16. The standard InChI is InChI=1S/8C8H12O2.8HI/c8*1-8(2)4-6(9)3-7(10)5-8;;;;;;;;/h8*3-5H2,1-2H3;8*1H. The van der Waals surface area contributed by atoms with Crippen LogP contribution in [0.1, 0.15) is 265 Å². The van der Waals surface area contributed by atoms with Gasteiger partial charge in [-0.1, -0.05) is 111 Å². The molecule has 0 heterocycles. The van der Waals surface area contributed by atoms with Crippen LogP contribution < -0.4 is 0 Å². The summed E-state index contributed by atoms with van der Waals surface area (Å²) in [6.45, 7) is 31.4. The second kappa shape index (κ2) is 45.1. The summed E-state index contributed by atoms with van der Waals surface area (Å²) in [5, 5.41) is 0. The molecule has 8 aliphatic rings. The lowest BCUT2D eigenvalue weighted by Crippen LogP contribution is -2.28. The Kier molecular flexibility index (Phi) is 53.7. The highest BCUT2D eigenvalue weighted by molar-refractivity contribution is 14.0. The third kappa shape index (κ3) is 50.0. The van der Waals surface area contributed by atoms with Crippen molar-refractivity contribution in [1.82, 2.24) is 0 Å². The van der Waals surface area contributed by atoms with Crippen molar-refractivity contribution in [1.29, 1.82) is 0 Å². The highest BCUT2D eigenvalue weighted by atomic mass is 127. The average molecular weight is 2140 g/mol. The molecular weight excluding hydrogens is 2040 g/mol. The molecule has 0 spiro atoms. The molecule has 0 amide bonds. The van der Waals surface area contributed by atoms with Crippen molar-refractivity contribution in [3.63, 3.8) is 0 Å². The smallest absolute Gasteiger partial charge is 0.140 e. The SMILES string of the molecule is CC1(C)CC(=O)CC(=O)C1.CC1(C)CC(=O)CC(=O)C1.CC1(C)CC(=O)CC(=O)C1.CC1(C)CC(=O)CC(=O)C1.CC1(C)CC(=O)CC(=O)C1.CC1(C)CC(=O)CC(=O)C1.CC1(C)CC(=O)CC(=O)C1.CC1(C)CC(=O)CC(=O)C1.I.I.I.I.I.I.I.I. The van der Waals surface area contributed by atoms with E-state index in [1.807, 2.05) is 111 Å². The molecule has 8 saturated carbocycles. The molecule has 0 saturated heterocycles. The zero-order valence-electron chi connectivity index (χ0n) is 54.8. The predicted octanol–water partition coefficient (Wildman–Crippen LogP) is 15.6. The first kappa shape index (κ1) is 105. The molecule has 16 nitrogen and oxygen atoms in total. The van der Waals surface area contributed by atoms with Gasteiger partial charge in [0, 0.05) is 103 Å². The van der Waals surface area contributed by atoms with Gasteiger partial charge in [-0.2, -0.15) is 0 Å². The number of hydrogen-bond acceptors (Lipinski definition) is 16. The van der Waals surface area contributed by atoms with E-state index < -0.39 is 0 Å². The summed E-state index contributed by atoms with van der Waals surface area (Å²) in [5.41, 5.74) is -0.616. The molecular formula is C64H104I8O16. The molecule has 0 aromatic heterocycles. The highest BCUT2D eigenvalue weighted by Gasteiger charge is 2.37. The zero-order valence-corrected chi connectivity index (χ0v) is 73.4. The van der Waals surface area contributed by atoms with Crippen molar-refractivity contribution >= 4 is 284 Å². The number of ketones is 16. The van der Waals surface area contributed by atoms with E-state index in [1.54, 1.807) is 0 Å². The van der Waals surface area contributed by atoms with E-state index in [0.29, 0.717) is 103 Å². The average Bonchev–Trinajstić information content (AvgIpc) is 3.12. The summed E-state index contributed by atoms with van der Waals surface area (Å²) in [5.74, 6) is 1.57. The van der Waals surface area contributed by atoms with Gasteiger partial charge in [-0.15, -0.1) is 192 Å². The first-order valence-electron chi connectivity index (χ1n) is 28.2. The molecule has 8 rings (SSSR count). The first-order chi connectivity index (χ1) is 36.0. The zero-order chi connectivity index (χ0) is 62.2. The first-order valence-corrected chi connectivity index (χ1v) is 28.2. The fourth-order valence-corrected chi connectivity index (χ4v) is 11.8. The molecule has 0 atom stereocenters. The van der Waals surface area contributed by atoms with Crippen molar-refractivity contribution in [2.45, 2.75) is 265 Å². The molecule has 88 heavy (non-hydrogen) atoms. The van der Waals surface area contributed by atoms with Gasteiger partial charge < -0.3 is 0 Å². The van der Waals surface area contributed by atoms with Crippen LogP contribution in [0.3, 0.4) is 0 Å². The minimum Gasteiger partial charge on any atom is -0.299 e. The van der Waals surface area contributed by atoms with Crippen molar-refractivity contribution < 1.29 is 76.7 Å². The molecule has 8 aliphatic carbocycles. The fourth-order valence-electron chi connectivity index (χ4n) is 11.8. The van der Waals surface area contributed by atoms with E-state index >= 15 is 0 Å². The lowest BCUT2D eigenvalue weighted by Gasteiger charge is -2.26. The van der Waals surface area contributed by atoms with Gasteiger partial charge >= 0.3 is 0 Å². The number of Topliss-reactive ketones (excluding diaryl/α,β-unsaturated/α-hetero) is 16. The summed E-state index contributed by atoms with van der Waals surface area (Å²) in [6, 6.07) is 0. The molecule has 24 heteroatoms. The van der Waals surface area contributed by atoms with Gasteiger partial charge in [-0.25, -0.2) is 0 Å². The van der Waals surface area contributed by atoms with E-state index in [9.17, 15) is 76.7 Å². The second-order valence-electron chi connectivity index (χ2n) is 30.2. The summed E-state index contributed by atoms with van der Waals surface area (Å²) < 4.78 is 0. The molecule has 0 radical (unpaired) electrons. The predicted molar refractivity (Wildman–Crippen MR) is 424 cm³/mol. The highest BCUT2D eigenvalue weighted by Crippen LogP contribution is 2.36. The van der Waals surface area contributed by atoms with Crippen LogP contribution in [0.15, 0.2) is 0 Å². The van der Waals surface area contributed by atoms with Gasteiger partial charge in [0.2, 0.25) is 0 Å². The van der Waals surface area contributed by atoms with E-state index in [2.05, 4.69) is 0 Å². The molecule has 512 valence electrons. The Bertz CT molecular complexity index is 1840. The van der Waals surface area contributed by atoms with Crippen molar-refractivity contribution in [3.8, 4) is 0 Å². The summed E-state index contributed by atoms with van der Waals surface area (Å²) >= 11 is 0. The van der Waals surface area contributed by atoms with E-state index in [4.69, 9.17) is 0 Å². The Labute approximate surface area is 660 Å². The maximum absolute atomic E-state index is 10.9. The molecule has 0 aliphatic heterocycles. The normalized spacial score (nSPS) is 22.7. The Morgan fingerprint density at radius 3 is 0.216 bits per heavy atom. The van der Waals surface area contributed by atoms with Crippen LogP contribution in [0.4, 0.5) is 0 Å². The number of carbonyl (C=O) groups is 16.